The predicted octanol–water partition coefficient (Wildman–Crippen LogP) is 5.09. The van der Waals surface area contributed by atoms with Crippen molar-refractivity contribution < 1.29 is 4.74 Å². The molecule has 1 saturated carbocycles. The highest BCUT2D eigenvalue weighted by Gasteiger charge is 2.27. The summed E-state index contributed by atoms with van der Waals surface area (Å²) in [6.45, 7) is 10.1. The summed E-state index contributed by atoms with van der Waals surface area (Å²) in [5.41, 5.74) is 1.84. The van der Waals surface area contributed by atoms with Crippen LogP contribution in [0.3, 0.4) is 0 Å². The Morgan fingerprint density at radius 1 is 1.24 bits per heavy atom. The number of rotatable bonds is 6. The summed E-state index contributed by atoms with van der Waals surface area (Å²) in [4.78, 5) is 0. The van der Waals surface area contributed by atoms with E-state index in [4.69, 9.17) is 4.74 Å². The third-order valence-electron chi connectivity index (χ3n) is 4.71. The second-order valence-electron chi connectivity index (χ2n) is 7.07. The molecule has 21 heavy (non-hydrogen) atoms. The first-order chi connectivity index (χ1) is 10.0. The van der Waals surface area contributed by atoms with Crippen molar-refractivity contribution >= 4 is 0 Å². The van der Waals surface area contributed by atoms with Crippen LogP contribution in [0, 0.1) is 5.41 Å². The van der Waals surface area contributed by atoms with Crippen LogP contribution in [0.25, 0.3) is 0 Å². The van der Waals surface area contributed by atoms with Crippen molar-refractivity contribution in [3.05, 3.63) is 29.8 Å². The number of hydrogen-bond donors (Lipinski definition) is 1. The zero-order chi connectivity index (χ0) is 15.3. The maximum atomic E-state index is 6.23. The van der Waals surface area contributed by atoms with Gasteiger partial charge in [0.05, 0.1) is 6.10 Å². The minimum absolute atomic E-state index is 0.396. The monoisotopic (exact) mass is 289 g/mol. The Bertz CT molecular complexity index is 431. The van der Waals surface area contributed by atoms with Crippen molar-refractivity contribution in [2.75, 3.05) is 6.54 Å². The van der Waals surface area contributed by atoms with Gasteiger partial charge in [0.25, 0.3) is 0 Å². The SMILES string of the molecule is CCNC(CC)c1cccc(OC2CCC(C)(C)CC2)c1. The summed E-state index contributed by atoms with van der Waals surface area (Å²) in [6, 6.07) is 9.08. The molecule has 1 aromatic rings. The lowest BCUT2D eigenvalue weighted by molar-refractivity contribution is 0.0986. The van der Waals surface area contributed by atoms with Gasteiger partial charge in [-0.25, -0.2) is 0 Å². The summed E-state index contributed by atoms with van der Waals surface area (Å²) in [5, 5.41) is 3.53. The highest BCUT2D eigenvalue weighted by Crippen LogP contribution is 2.36. The molecule has 1 aliphatic carbocycles. The smallest absolute Gasteiger partial charge is 0.120 e. The van der Waals surface area contributed by atoms with E-state index in [1.54, 1.807) is 0 Å². The molecule has 118 valence electrons. The van der Waals surface area contributed by atoms with Gasteiger partial charge in [-0.2, -0.15) is 0 Å². The minimum Gasteiger partial charge on any atom is -0.490 e. The molecule has 1 unspecified atom stereocenters. The van der Waals surface area contributed by atoms with Gasteiger partial charge >= 0.3 is 0 Å². The molecule has 0 heterocycles. The highest BCUT2D eigenvalue weighted by atomic mass is 16.5. The van der Waals surface area contributed by atoms with E-state index in [0.717, 1.165) is 18.7 Å². The third kappa shape index (κ3) is 4.74. The fourth-order valence-electron chi connectivity index (χ4n) is 3.23. The Kier molecular flexibility index (Phi) is 5.69. The Morgan fingerprint density at radius 2 is 1.95 bits per heavy atom. The van der Waals surface area contributed by atoms with Crippen molar-refractivity contribution in [2.45, 2.75) is 71.9 Å². The number of hydrogen-bond acceptors (Lipinski definition) is 2. The second-order valence-corrected chi connectivity index (χ2v) is 7.07. The average molecular weight is 289 g/mol. The van der Waals surface area contributed by atoms with Gasteiger partial charge in [-0.1, -0.05) is 39.8 Å². The lowest BCUT2D eigenvalue weighted by Gasteiger charge is -2.34. The zero-order valence-electron chi connectivity index (χ0n) is 14.1. The molecule has 1 atom stereocenters. The van der Waals surface area contributed by atoms with Crippen LogP contribution >= 0.6 is 0 Å². The van der Waals surface area contributed by atoms with Crippen molar-refractivity contribution in [3.8, 4) is 5.75 Å². The molecular weight excluding hydrogens is 258 g/mol. The van der Waals surface area contributed by atoms with E-state index < -0.39 is 0 Å². The van der Waals surface area contributed by atoms with Crippen LogP contribution in [-0.4, -0.2) is 12.6 Å². The molecule has 0 amide bonds. The standard InChI is InChI=1S/C19H31NO/c1-5-18(20-6-2)15-8-7-9-17(14-15)21-16-10-12-19(3,4)13-11-16/h7-9,14,16,18,20H,5-6,10-13H2,1-4H3. The van der Waals surface area contributed by atoms with Crippen LogP contribution in [0.2, 0.25) is 0 Å². The summed E-state index contributed by atoms with van der Waals surface area (Å²) in [6.07, 6.45) is 6.41. The third-order valence-corrected chi connectivity index (χ3v) is 4.71. The van der Waals surface area contributed by atoms with E-state index in [9.17, 15) is 0 Å². The summed E-state index contributed by atoms with van der Waals surface area (Å²) in [5.74, 6) is 1.04. The lowest BCUT2D eigenvalue weighted by Crippen LogP contribution is -2.28. The van der Waals surface area contributed by atoms with Crippen LogP contribution in [-0.2, 0) is 0 Å². The largest absolute Gasteiger partial charge is 0.490 e. The zero-order valence-corrected chi connectivity index (χ0v) is 14.1. The van der Waals surface area contributed by atoms with Gasteiger partial charge in [0.15, 0.2) is 0 Å². The molecule has 0 aliphatic heterocycles. The molecule has 1 aliphatic rings. The Balaban J connectivity index is 1.98. The van der Waals surface area contributed by atoms with E-state index in [0.29, 0.717) is 17.6 Å². The summed E-state index contributed by atoms with van der Waals surface area (Å²) >= 11 is 0. The van der Waals surface area contributed by atoms with Gasteiger partial charge in [-0.05, 0) is 61.8 Å². The van der Waals surface area contributed by atoms with Crippen LogP contribution in [0.1, 0.15) is 71.4 Å². The minimum atomic E-state index is 0.396. The van der Waals surface area contributed by atoms with Gasteiger partial charge in [-0.15, -0.1) is 0 Å². The molecule has 2 nitrogen and oxygen atoms in total. The maximum absolute atomic E-state index is 6.23. The number of ether oxygens (including phenoxy) is 1. The molecule has 0 spiro atoms. The first kappa shape index (κ1) is 16.4. The highest BCUT2D eigenvalue weighted by molar-refractivity contribution is 5.30. The van der Waals surface area contributed by atoms with Crippen molar-refractivity contribution in [1.82, 2.24) is 5.32 Å². The number of nitrogens with one attached hydrogen (secondary N) is 1. The molecule has 0 radical (unpaired) electrons. The molecule has 1 aromatic carbocycles. The molecule has 2 rings (SSSR count). The average Bonchev–Trinajstić information content (AvgIpc) is 2.47. The fourth-order valence-corrected chi connectivity index (χ4v) is 3.23. The topological polar surface area (TPSA) is 21.3 Å². The Labute approximate surface area is 130 Å². The number of benzene rings is 1. The van der Waals surface area contributed by atoms with Gasteiger partial charge in [0, 0.05) is 6.04 Å². The van der Waals surface area contributed by atoms with Gasteiger partial charge in [-0.3, -0.25) is 0 Å². The van der Waals surface area contributed by atoms with Crippen molar-refractivity contribution in [1.29, 1.82) is 0 Å². The molecule has 1 fully saturated rings. The molecular formula is C19H31NO. The molecule has 2 heteroatoms. The first-order valence-electron chi connectivity index (χ1n) is 8.54. The second kappa shape index (κ2) is 7.31. The maximum Gasteiger partial charge on any atom is 0.120 e. The molecule has 0 bridgehead atoms. The molecule has 0 saturated heterocycles. The van der Waals surface area contributed by atoms with E-state index in [1.165, 1.54) is 31.2 Å². The van der Waals surface area contributed by atoms with Crippen LogP contribution in [0.15, 0.2) is 24.3 Å². The van der Waals surface area contributed by atoms with Crippen LogP contribution in [0.4, 0.5) is 0 Å². The predicted molar refractivity (Wildman–Crippen MR) is 89.8 cm³/mol. The van der Waals surface area contributed by atoms with Gasteiger partial charge < -0.3 is 10.1 Å². The van der Waals surface area contributed by atoms with E-state index >= 15 is 0 Å². The van der Waals surface area contributed by atoms with E-state index in [1.807, 2.05) is 0 Å². The Hall–Kier alpha value is -1.02. The van der Waals surface area contributed by atoms with Gasteiger partial charge in [0.2, 0.25) is 0 Å². The van der Waals surface area contributed by atoms with Crippen LogP contribution in [0.5, 0.6) is 5.75 Å². The summed E-state index contributed by atoms with van der Waals surface area (Å²) in [7, 11) is 0. The quantitative estimate of drug-likeness (QED) is 0.787. The van der Waals surface area contributed by atoms with Crippen molar-refractivity contribution in [3.63, 3.8) is 0 Å². The Morgan fingerprint density at radius 3 is 2.57 bits per heavy atom. The van der Waals surface area contributed by atoms with E-state index in [-0.39, 0.29) is 0 Å². The van der Waals surface area contributed by atoms with Crippen LogP contribution < -0.4 is 10.1 Å². The summed E-state index contributed by atoms with van der Waals surface area (Å²) < 4.78 is 6.23. The molecule has 0 aromatic heterocycles. The fraction of sp³-hybridized carbons (Fsp3) is 0.684. The molecule has 1 N–H and O–H groups in total. The normalized spacial score (nSPS) is 20.2. The first-order valence-corrected chi connectivity index (χ1v) is 8.54. The van der Waals surface area contributed by atoms with Gasteiger partial charge in [0.1, 0.15) is 5.75 Å². The lowest BCUT2D eigenvalue weighted by atomic mass is 9.76. The van der Waals surface area contributed by atoms with E-state index in [2.05, 4.69) is 57.3 Å². The van der Waals surface area contributed by atoms with Crippen molar-refractivity contribution in [2.24, 2.45) is 5.41 Å².